The van der Waals surface area contributed by atoms with E-state index in [0.29, 0.717) is 0 Å². The van der Waals surface area contributed by atoms with Crippen LogP contribution in [0, 0.1) is 6.92 Å². The molecule has 2 heteroatoms. The third kappa shape index (κ3) is 3.34. The quantitative estimate of drug-likeness (QED) is 0.735. The summed E-state index contributed by atoms with van der Waals surface area (Å²) >= 11 is 0. The van der Waals surface area contributed by atoms with Gasteiger partial charge in [0.1, 0.15) is 0 Å². The molecule has 2 aromatic heterocycles. The van der Waals surface area contributed by atoms with Crippen LogP contribution in [0.25, 0.3) is 17.0 Å². The molecular formula is C19H20N2. The number of pyridine rings is 2. The second-order valence-electron chi connectivity index (χ2n) is 4.90. The molecule has 0 unspecified atom stereocenters. The Labute approximate surface area is 126 Å². The minimum absolute atomic E-state index is 0.884. The molecule has 0 fully saturated rings. The molecule has 0 saturated heterocycles. The van der Waals surface area contributed by atoms with E-state index in [1.165, 1.54) is 11.1 Å². The first-order chi connectivity index (χ1) is 10.2. The maximum absolute atomic E-state index is 4.50. The molecule has 0 bridgehead atoms. The third-order valence-corrected chi connectivity index (χ3v) is 3.39. The zero-order valence-electron chi connectivity index (χ0n) is 12.8. The molecule has 0 amide bonds. The molecule has 0 radical (unpaired) electrons. The number of hydrogen-bond acceptors (Lipinski definition) is 2. The van der Waals surface area contributed by atoms with E-state index >= 15 is 0 Å². The van der Waals surface area contributed by atoms with Gasteiger partial charge in [0.2, 0.25) is 0 Å². The van der Waals surface area contributed by atoms with Crippen LogP contribution in [0.3, 0.4) is 0 Å². The van der Waals surface area contributed by atoms with E-state index in [2.05, 4.69) is 42.5 Å². The number of allylic oxidation sites excluding steroid dienone is 5. The van der Waals surface area contributed by atoms with Gasteiger partial charge < -0.3 is 0 Å². The molecule has 2 heterocycles. The molecular weight excluding hydrogens is 256 g/mol. The van der Waals surface area contributed by atoms with Gasteiger partial charge in [-0.15, -0.1) is 0 Å². The van der Waals surface area contributed by atoms with E-state index in [1.807, 2.05) is 43.5 Å². The largest absolute Gasteiger partial charge is 0.255 e. The molecule has 0 atom stereocenters. The summed E-state index contributed by atoms with van der Waals surface area (Å²) < 4.78 is 0. The van der Waals surface area contributed by atoms with Crippen molar-refractivity contribution >= 4 is 5.57 Å². The van der Waals surface area contributed by atoms with Gasteiger partial charge in [-0.3, -0.25) is 9.97 Å². The van der Waals surface area contributed by atoms with Crippen LogP contribution < -0.4 is 0 Å². The Balaban J connectivity index is 2.61. The summed E-state index contributed by atoms with van der Waals surface area (Å²) in [7, 11) is 0. The van der Waals surface area contributed by atoms with Gasteiger partial charge in [0.25, 0.3) is 0 Å². The van der Waals surface area contributed by atoms with Crippen molar-refractivity contribution in [3.63, 3.8) is 0 Å². The van der Waals surface area contributed by atoms with Crippen molar-refractivity contribution < 1.29 is 0 Å². The van der Waals surface area contributed by atoms with Crippen LogP contribution in [-0.2, 0) is 0 Å². The van der Waals surface area contributed by atoms with E-state index in [0.717, 1.165) is 22.5 Å². The second kappa shape index (κ2) is 6.80. The molecule has 0 N–H and O–H groups in total. The van der Waals surface area contributed by atoms with Crippen molar-refractivity contribution in [2.75, 3.05) is 0 Å². The Morgan fingerprint density at radius 1 is 1.19 bits per heavy atom. The molecule has 0 saturated carbocycles. The second-order valence-corrected chi connectivity index (χ2v) is 4.90. The third-order valence-electron chi connectivity index (χ3n) is 3.39. The summed E-state index contributed by atoms with van der Waals surface area (Å²) in [4.78, 5) is 8.88. The molecule has 0 aliphatic heterocycles. The first kappa shape index (κ1) is 14.9. The smallest absolute Gasteiger partial charge is 0.0892 e. The zero-order chi connectivity index (χ0) is 15.2. The monoisotopic (exact) mass is 276 g/mol. The van der Waals surface area contributed by atoms with E-state index < -0.39 is 0 Å². The van der Waals surface area contributed by atoms with E-state index in [-0.39, 0.29) is 0 Å². The molecule has 2 aromatic rings. The summed E-state index contributed by atoms with van der Waals surface area (Å²) in [5.74, 6) is 0. The Kier molecular flexibility index (Phi) is 4.83. The van der Waals surface area contributed by atoms with Crippen LogP contribution in [0.1, 0.15) is 25.0 Å². The zero-order valence-corrected chi connectivity index (χ0v) is 12.8. The Morgan fingerprint density at radius 2 is 2.00 bits per heavy atom. The fraction of sp³-hybridized carbons (Fsp3) is 0.158. The summed E-state index contributed by atoms with van der Waals surface area (Å²) in [5.41, 5.74) is 6.40. The van der Waals surface area contributed by atoms with Crippen molar-refractivity contribution in [1.82, 2.24) is 9.97 Å². The van der Waals surface area contributed by atoms with Crippen molar-refractivity contribution in [2.45, 2.75) is 20.8 Å². The summed E-state index contributed by atoms with van der Waals surface area (Å²) in [6.07, 6.45) is 9.73. The van der Waals surface area contributed by atoms with Crippen LogP contribution >= 0.6 is 0 Å². The van der Waals surface area contributed by atoms with Gasteiger partial charge in [-0.05, 0) is 61.2 Å². The van der Waals surface area contributed by atoms with Crippen molar-refractivity contribution in [1.29, 1.82) is 0 Å². The Bertz CT molecular complexity index is 695. The maximum Gasteiger partial charge on any atom is 0.0892 e. The van der Waals surface area contributed by atoms with Crippen molar-refractivity contribution in [3.8, 4) is 11.4 Å². The van der Waals surface area contributed by atoms with Gasteiger partial charge in [-0.2, -0.15) is 0 Å². The fourth-order valence-electron chi connectivity index (χ4n) is 2.18. The molecule has 2 rings (SSSR count). The van der Waals surface area contributed by atoms with Gasteiger partial charge in [0.15, 0.2) is 0 Å². The number of rotatable bonds is 4. The van der Waals surface area contributed by atoms with Crippen LogP contribution in [0.4, 0.5) is 0 Å². The first-order valence-electron chi connectivity index (χ1n) is 7.01. The van der Waals surface area contributed by atoms with E-state index in [9.17, 15) is 0 Å². The lowest BCUT2D eigenvalue weighted by Gasteiger charge is -2.11. The van der Waals surface area contributed by atoms with Crippen LogP contribution in [0.2, 0.25) is 0 Å². The van der Waals surface area contributed by atoms with Crippen molar-refractivity contribution in [2.24, 2.45) is 0 Å². The topological polar surface area (TPSA) is 25.8 Å². The average Bonchev–Trinajstić information content (AvgIpc) is 2.53. The van der Waals surface area contributed by atoms with Crippen LogP contribution in [-0.4, -0.2) is 9.97 Å². The summed E-state index contributed by atoms with van der Waals surface area (Å²) in [5, 5.41) is 0. The highest BCUT2D eigenvalue weighted by Crippen LogP contribution is 2.27. The van der Waals surface area contributed by atoms with Crippen LogP contribution in [0.15, 0.2) is 67.0 Å². The van der Waals surface area contributed by atoms with Gasteiger partial charge >= 0.3 is 0 Å². The number of aromatic nitrogens is 2. The molecule has 0 aromatic carbocycles. The average molecular weight is 276 g/mol. The van der Waals surface area contributed by atoms with Crippen LogP contribution in [0.5, 0.6) is 0 Å². The molecule has 0 aliphatic rings. The lowest BCUT2D eigenvalue weighted by molar-refractivity contribution is 1.21. The van der Waals surface area contributed by atoms with Gasteiger partial charge in [-0.1, -0.05) is 30.9 Å². The lowest BCUT2D eigenvalue weighted by Crippen LogP contribution is -1.94. The normalized spacial score (nSPS) is 12.3. The maximum atomic E-state index is 4.50. The molecule has 0 aliphatic carbocycles. The highest BCUT2D eigenvalue weighted by atomic mass is 14.8. The predicted octanol–water partition coefficient (Wildman–Crippen LogP) is 4.99. The highest BCUT2D eigenvalue weighted by molar-refractivity contribution is 5.81. The van der Waals surface area contributed by atoms with Gasteiger partial charge in [0, 0.05) is 12.4 Å². The SMILES string of the molecule is C=C/C(C)=C(\C=C/C)c1cc(-c2ccccn2)ncc1C. The number of aryl methyl sites for hydroxylation is 1. The molecule has 106 valence electrons. The van der Waals surface area contributed by atoms with E-state index in [1.54, 1.807) is 6.20 Å². The minimum atomic E-state index is 0.884. The fourth-order valence-corrected chi connectivity index (χ4v) is 2.18. The lowest BCUT2D eigenvalue weighted by atomic mass is 9.96. The predicted molar refractivity (Wildman–Crippen MR) is 89.8 cm³/mol. The summed E-state index contributed by atoms with van der Waals surface area (Å²) in [6, 6.07) is 7.95. The standard InChI is InChI=1S/C19H20N2/c1-5-9-16(14(3)6-2)17-12-19(21-13-15(17)4)18-10-7-8-11-20-18/h5-13H,2H2,1,3-4H3/b9-5-,16-14+. The molecule has 0 spiro atoms. The number of hydrogen-bond donors (Lipinski definition) is 0. The van der Waals surface area contributed by atoms with Gasteiger partial charge in [0.05, 0.1) is 11.4 Å². The highest BCUT2D eigenvalue weighted by Gasteiger charge is 2.09. The van der Waals surface area contributed by atoms with Crippen molar-refractivity contribution in [3.05, 3.63) is 78.2 Å². The Morgan fingerprint density at radius 3 is 2.62 bits per heavy atom. The first-order valence-corrected chi connectivity index (χ1v) is 7.01. The minimum Gasteiger partial charge on any atom is -0.255 e. The molecule has 2 nitrogen and oxygen atoms in total. The summed E-state index contributed by atoms with van der Waals surface area (Å²) in [6.45, 7) is 10.0. The van der Waals surface area contributed by atoms with E-state index in [4.69, 9.17) is 0 Å². The van der Waals surface area contributed by atoms with Gasteiger partial charge in [-0.25, -0.2) is 0 Å². The number of nitrogens with zero attached hydrogens (tertiary/aromatic N) is 2. The Hall–Kier alpha value is -2.48. The molecule has 21 heavy (non-hydrogen) atoms.